The van der Waals surface area contributed by atoms with E-state index in [1.807, 2.05) is 0 Å². The summed E-state index contributed by atoms with van der Waals surface area (Å²) in [5, 5.41) is 11.3. The molecular formula is C16H22ClFO. The van der Waals surface area contributed by atoms with E-state index in [-0.39, 0.29) is 11.2 Å². The normalized spacial score (nSPS) is 27.0. The Morgan fingerprint density at radius 2 is 1.95 bits per heavy atom. The fourth-order valence-electron chi connectivity index (χ4n) is 2.93. The van der Waals surface area contributed by atoms with Crippen molar-refractivity contribution in [3.63, 3.8) is 0 Å². The summed E-state index contributed by atoms with van der Waals surface area (Å²) in [6, 6.07) is 4.36. The van der Waals surface area contributed by atoms with Gasteiger partial charge in [0.15, 0.2) is 0 Å². The number of benzene rings is 1. The van der Waals surface area contributed by atoms with Gasteiger partial charge < -0.3 is 5.11 Å². The summed E-state index contributed by atoms with van der Waals surface area (Å²) in [6.45, 7) is 4.49. The van der Waals surface area contributed by atoms with Crippen LogP contribution in [0.5, 0.6) is 0 Å². The number of hydrogen-bond acceptors (Lipinski definition) is 1. The van der Waals surface area contributed by atoms with Crippen molar-refractivity contribution in [2.24, 2.45) is 5.41 Å². The van der Waals surface area contributed by atoms with Gasteiger partial charge in [-0.1, -0.05) is 31.9 Å². The monoisotopic (exact) mass is 284 g/mol. The lowest BCUT2D eigenvalue weighted by atomic mass is 9.83. The summed E-state index contributed by atoms with van der Waals surface area (Å²) >= 11 is 6.10. The minimum absolute atomic E-state index is 0.288. The molecule has 0 amide bonds. The second-order valence-electron chi connectivity index (χ2n) is 6.65. The van der Waals surface area contributed by atoms with Crippen LogP contribution in [0.1, 0.15) is 51.5 Å². The molecule has 2 rings (SSSR count). The Morgan fingerprint density at radius 3 is 2.68 bits per heavy atom. The molecule has 1 aromatic rings. The summed E-state index contributed by atoms with van der Waals surface area (Å²) in [5.74, 6) is -0.294. The first-order chi connectivity index (χ1) is 8.80. The van der Waals surface area contributed by atoms with Crippen molar-refractivity contribution in [2.45, 2.75) is 58.0 Å². The molecule has 3 heteroatoms. The van der Waals surface area contributed by atoms with Gasteiger partial charge in [-0.2, -0.15) is 0 Å². The molecule has 1 N–H and O–H groups in total. The quantitative estimate of drug-likeness (QED) is 0.778. The van der Waals surface area contributed by atoms with E-state index in [0.29, 0.717) is 17.0 Å². The van der Waals surface area contributed by atoms with E-state index in [2.05, 4.69) is 13.8 Å². The van der Waals surface area contributed by atoms with Crippen molar-refractivity contribution in [1.29, 1.82) is 0 Å². The molecule has 1 nitrogen and oxygen atoms in total. The molecular weight excluding hydrogens is 263 g/mol. The van der Waals surface area contributed by atoms with E-state index in [4.69, 9.17) is 11.6 Å². The van der Waals surface area contributed by atoms with Crippen molar-refractivity contribution in [3.8, 4) is 0 Å². The van der Waals surface area contributed by atoms with Gasteiger partial charge in [0.25, 0.3) is 0 Å². The van der Waals surface area contributed by atoms with Crippen molar-refractivity contribution in [2.75, 3.05) is 0 Å². The molecule has 1 atom stereocenters. The fourth-order valence-corrected chi connectivity index (χ4v) is 3.11. The smallest absolute Gasteiger partial charge is 0.123 e. The largest absolute Gasteiger partial charge is 0.390 e. The predicted molar refractivity (Wildman–Crippen MR) is 76.9 cm³/mol. The maximum Gasteiger partial charge on any atom is 0.123 e. The molecule has 0 aromatic heterocycles. The van der Waals surface area contributed by atoms with Gasteiger partial charge in [0.1, 0.15) is 5.82 Å². The first-order valence-electron chi connectivity index (χ1n) is 6.96. The van der Waals surface area contributed by atoms with Crippen LogP contribution in [0.15, 0.2) is 18.2 Å². The zero-order valence-corrected chi connectivity index (χ0v) is 12.4. The standard InChI is InChI=1S/C16H22ClFO/c1-15(2)6-3-7-16(19,9-8-15)11-12-10-13(18)4-5-14(12)17/h4-5,10,19H,3,6-9,11H2,1-2H3. The van der Waals surface area contributed by atoms with Crippen molar-refractivity contribution < 1.29 is 9.50 Å². The molecule has 1 aliphatic rings. The molecule has 1 aliphatic carbocycles. The molecule has 1 aromatic carbocycles. The Bertz CT molecular complexity index is 458. The van der Waals surface area contributed by atoms with E-state index in [9.17, 15) is 9.50 Å². The van der Waals surface area contributed by atoms with E-state index in [1.165, 1.54) is 12.1 Å². The molecule has 1 fully saturated rings. The molecule has 19 heavy (non-hydrogen) atoms. The van der Waals surface area contributed by atoms with Crippen LogP contribution >= 0.6 is 11.6 Å². The Labute approximate surface area is 119 Å². The number of rotatable bonds is 2. The van der Waals surface area contributed by atoms with Gasteiger partial charge >= 0.3 is 0 Å². The summed E-state index contributed by atoms with van der Waals surface area (Å²) in [5.41, 5.74) is 0.255. The average molecular weight is 285 g/mol. The Kier molecular flexibility index (Phi) is 4.22. The van der Waals surface area contributed by atoms with E-state index in [0.717, 1.165) is 32.1 Å². The lowest BCUT2D eigenvalue weighted by molar-refractivity contribution is 0.0226. The molecule has 1 unspecified atom stereocenters. The fraction of sp³-hybridized carbons (Fsp3) is 0.625. The number of halogens is 2. The zero-order chi connectivity index (χ0) is 14.1. The van der Waals surface area contributed by atoms with Crippen LogP contribution in [-0.4, -0.2) is 10.7 Å². The third-order valence-corrected chi connectivity index (χ3v) is 4.66. The van der Waals surface area contributed by atoms with Crippen LogP contribution in [0, 0.1) is 11.2 Å². The predicted octanol–water partition coefficient (Wildman–Crippen LogP) is 4.74. The molecule has 0 spiro atoms. The highest BCUT2D eigenvalue weighted by Gasteiger charge is 2.34. The second kappa shape index (κ2) is 5.41. The van der Waals surface area contributed by atoms with Crippen LogP contribution in [0.4, 0.5) is 4.39 Å². The lowest BCUT2D eigenvalue weighted by Gasteiger charge is -2.28. The minimum Gasteiger partial charge on any atom is -0.390 e. The van der Waals surface area contributed by atoms with Gasteiger partial charge in [-0.3, -0.25) is 0 Å². The molecule has 0 radical (unpaired) electrons. The second-order valence-corrected chi connectivity index (χ2v) is 7.06. The van der Waals surface area contributed by atoms with Crippen LogP contribution in [-0.2, 0) is 6.42 Å². The highest BCUT2D eigenvalue weighted by Crippen LogP contribution is 2.40. The summed E-state index contributed by atoms with van der Waals surface area (Å²) in [4.78, 5) is 0. The van der Waals surface area contributed by atoms with Crippen LogP contribution in [0.2, 0.25) is 5.02 Å². The topological polar surface area (TPSA) is 20.2 Å². The van der Waals surface area contributed by atoms with Crippen LogP contribution in [0.3, 0.4) is 0 Å². The van der Waals surface area contributed by atoms with E-state index in [1.54, 1.807) is 6.07 Å². The Morgan fingerprint density at radius 1 is 1.21 bits per heavy atom. The Balaban J connectivity index is 2.14. The maximum absolute atomic E-state index is 13.3. The number of aliphatic hydroxyl groups is 1. The summed E-state index contributed by atoms with van der Waals surface area (Å²) < 4.78 is 13.3. The Hall–Kier alpha value is -0.600. The summed E-state index contributed by atoms with van der Waals surface area (Å²) in [7, 11) is 0. The summed E-state index contributed by atoms with van der Waals surface area (Å²) in [6.07, 6.45) is 5.11. The van der Waals surface area contributed by atoms with Gasteiger partial charge in [0.2, 0.25) is 0 Å². The zero-order valence-electron chi connectivity index (χ0n) is 11.7. The minimum atomic E-state index is -0.745. The van der Waals surface area contributed by atoms with Gasteiger partial charge in [-0.05, 0) is 54.9 Å². The van der Waals surface area contributed by atoms with E-state index < -0.39 is 5.60 Å². The van der Waals surface area contributed by atoms with Crippen molar-refractivity contribution in [1.82, 2.24) is 0 Å². The lowest BCUT2D eigenvalue weighted by Crippen LogP contribution is -2.31. The van der Waals surface area contributed by atoms with Gasteiger partial charge in [-0.25, -0.2) is 4.39 Å². The molecule has 0 aliphatic heterocycles. The molecule has 0 heterocycles. The van der Waals surface area contributed by atoms with Gasteiger partial charge in [-0.15, -0.1) is 0 Å². The third kappa shape index (κ3) is 3.93. The first kappa shape index (κ1) is 14.8. The highest BCUT2D eigenvalue weighted by atomic mass is 35.5. The highest BCUT2D eigenvalue weighted by molar-refractivity contribution is 6.31. The number of hydrogen-bond donors (Lipinski definition) is 1. The van der Waals surface area contributed by atoms with Crippen molar-refractivity contribution >= 4 is 11.6 Å². The van der Waals surface area contributed by atoms with Crippen LogP contribution in [0.25, 0.3) is 0 Å². The SMILES string of the molecule is CC1(C)CCCC(O)(Cc2cc(F)ccc2Cl)CC1. The first-order valence-corrected chi connectivity index (χ1v) is 7.34. The van der Waals surface area contributed by atoms with Gasteiger partial charge in [0, 0.05) is 11.4 Å². The average Bonchev–Trinajstić information content (AvgIpc) is 2.44. The van der Waals surface area contributed by atoms with Crippen LogP contribution < -0.4 is 0 Å². The molecule has 0 saturated heterocycles. The van der Waals surface area contributed by atoms with E-state index >= 15 is 0 Å². The van der Waals surface area contributed by atoms with Crippen molar-refractivity contribution in [3.05, 3.63) is 34.6 Å². The molecule has 0 bridgehead atoms. The maximum atomic E-state index is 13.3. The molecule has 1 saturated carbocycles. The van der Waals surface area contributed by atoms with Gasteiger partial charge in [0.05, 0.1) is 5.60 Å². The molecule has 106 valence electrons. The third-order valence-electron chi connectivity index (χ3n) is 4.29.